The van der Waals surface area contributed by atoms with Gasteiger partial charge in [0.05, 0.1) is 4.92 Å². The molecule has 1 rings (SSSR count). The van der Waals surface area contributed by atoms with Gasteiger partial charge in [-0.3, -0.25) is 14.9 Å². The maximum atomic E-state index is 10.8. The summed E-state index contributed by atoms with van der Waals surface area (Å²) >= 11 is 0.709. The molecule has 0 fully saturated rings. The number of nitro groups is 1. The van der Waals surface area contributed by atoms with Gasteiger partial charge in [0.15, 0.2) is 0 Å². The van der Waals surface area contributed by atoms with Crippen LogP contribution in [0, 0.1) is 20.8 Å². The minimum atomic E-state index is -0.592. The van der Waals surface area contributed by atoms with Crippen molar-refractivity contribution in [2.45, 2.75) is 11.8 Å². The van der Waals surface area contributed by atoms with Crippen molar-refractivity contribution in [2.24, 2.45) is 0 Å². The molecule has 0 aliphatic heterocycles. The van der Waals surface area contributed by atoms with Gasteiger partial charge in [0.25, 0.3) is 5.69 Å². The number of carbonyl (C=O) groups excluding carboxylic acids is 1. The third-order valence-corrected chi connectivity index (χ3v) is 2.29. The summed E-state index contributed by atoms with van der Waals surface area (Å²) in [7, 11) is 0. The molecule has 16 heavy (non-hydrogen) atoms. The third kappa shape index (κ3) is 2.96. The Balaban J connectivity index is 3.13. The second-order valence-corrected chi connectivity index (χ2v) is 3.64. The number of anilines is 1. The second kappa shape index (κ2) is 5.14. The van der Waals surface area contributed by atoms with Crippen LogP contribution in [0.15, 0.2) is 23.1 Å². The topological polar surface area (TPSA) is 96.0 Å². The van der Waals surface area contributed by atoms with Gasteiger partial charge in [-0.25, -0.2) is 0 Å². The summed E-state index contributed by atoms with van der Waals surface area (Å²) in [6.07, 6.45) is 0. The summed E-state index contributed by atoms with van der Waals surface area (Å²) in [4.78, 5) is 21.1. The number of carbonyl (C=O) groups is 1. The van der Waals surface area contributed by atoms with Crippen LogP contribution in [0.25, 0.3) is 0 Å². The van der Waals surface area contributed by atoms with Crippen molar-refractivity contribution in [3.8, 4) is 5.40 Å². The Morgan fingerprint density at radius 3 is 2.81 bits per heavy atom. The molecule has 0 spiro atoms. The Labute approximate surface area is 95.4 Å². The number of hydrogen-bond donors (Lipinski definition) is 1. The van der Waals surface area contributed by atoms with Crippen LogP contribution in [0.2, 0.25) is 0 Å². The molecule has 0 saturated heterocycles. The number of benzene rings is 1. The number of amides is 1. The molecule has 0 heterocycles. The van der Waals surface area contributed by atoms with E-state index in [0.29, 0.717) is 17.4 Å². The number of nitrogens with zero attached hydrogens (tertiary/aromatic N) is 2. The quantitative estimate of drug-likeness (QED) is 0.376. The van der Waals surface area contributed by atoms with Crippen molar-refractivity contribution in [3.63, 3.8) is 0 Å². The van der Waals surface area contributed by atoms with Crippen LogP contribution in [0.1, 0.15) is 6.92 Å². The number of nitro benzene ring substituents is 1. The Hall–Kier alpha value is -2.07. The molecule has 1 amide bonds. The number of nitrogens with one attached hydrogen (secondary N) is 1. The lowest BCUT2D eigenvalue weighted by Gasteiger charge is -2.03. The van der Waals surface area contributed by atoms with Gasteiger partial charge >= 0.3 is 0 Å². The number of nitriles is 1. The monoisotopic (exact) mass is 237 g/mol. The van der Waals surface area contributed by atoms with E-state index in [0.717, 1.165) is 0 Å². The van der Waals surface area contributed by atoms with Gasteiger partial charge in [0.1, 0.15) is 10.3 Å². The van der Waals surface area contributed by atoms with Crippen LogP contribution in [0.4, 0.5) is 11.4 Å². The van der Waals surface area contributed by atoms with Crippen LogP contribution in [0.5, 0.6) is 0 Å². The standard InChI is InChI=1S/C9H7N3O3S/c1-6(13)11-7-2-3-9(16-5-10)8(4-7)12(14)15/h2-4H,1H3,(H,11,13). The van der Waals surface area contributed by atoms with Crippen molar-refractivity contribution in [2.75, 3.05) is 5.32 Å². The first kappa shape index (κ1) is 12.0. The number of hydrogen-bond acceptors (Lipinski definition) is 5. The predicted molar refractivity (Wildman–Crippen MR) is 58.9 cm³/mol. The number of thiocyanates is 1. The zero-order valence-electron chi connectivity index (χ0n) is 8.26. The first-order valence-electron chi connectivity index (χ1n) is 4.16. The van der Waals surface area contributed by atoms with Crippen molar-refractivity contribution in [1.29, 1.82) is 5.26 Å². The summed E-state index contributed by atoms with van der Waals surface area (Å²) < 4.78 is 0. The first-order chi connectivity index (χ1) is 7.54. The predicted octanol–water partition coefficient (Wildman–Crippen LogP) is 2.13. The van der Waals surface area contributed by atoms with E-state index in [9.17, 15) is 14.9 Å². The molecule has 1 aromatic carbocycles. The minimum absolute atomic E-state index is 0.196. The molecule has 0 unspecified atom stereocenters. The van der Waals surface area contributed by atoms with E-state index in [4.69, 9.17) is 5.26 Å². The third-order valence-electron chi connectivity index (χ3n) is 1.63. The van der Waals surface area contributed by atoms with Gasteiger partial charge in [-0.2, -0.15) is 5.26 Å². The molecule has 6 nitrogen and oxygen atoms in total. The fourth-order valence-corrected chi connectivity index (χ4v) is 1.55. The molecular weight excluding hydrogens is 230 g/mol. The SMILES string of the molecule is CC(=O)Nc1ccc(SC#N)c([N+](=O)[O-])c1. The summed E-state index contributed by atoms with van der Waals surface area (Å²) in [6.45, 7) is 1.31. The highest BCUT2D eigenvalue weighted by Gasteiger charge is 2.15. The highest BCUT2D eigenvalue weighted by atomic mass is 32.2. The molecule has 0 aliphatic rings. The lowest BCUT2D eigenvalue weighted by atomic mass is 10.3. The molecule has 0 aromatic heterocycles. The van der Waals surface area contributed by atoms with Crippen LogP contribution in [-0.2, 0) is 4.79 Å². The van der Waals surface area contributed by atoms with Gasteiger partial charge in [0, 0.05) is 18.7 Å². The molecule has 0 saturated carbocycles. The van der Waals surface area contributed by atoms with Gasteiger partial charge in [0.2, 0.25) is 5.91 Å². The largest absolute Gasteiger partial charge is 0.326 e. The summed E-state index contributed by atoms with van der Waals surface area (Å²) in [5, 5.41) is 23.4. The Bertz CT molecular complexity index is 481. The Kier molecular flexibility index (Phi) is 3.85. The highest BCUT2D eigenvalue weighted by Crippen LogP contribution is 2.30. The summed E-state index contributed by atoms with van der Waals surface area (Å²) in [5.74, 6) is -0.310. The van der Waals surface area contributed by atoms with Crippen molar-refractivity contribution in [1.82, 2.24) is 0 Å². The van der Waals surface area contributed by atoms with E-state index >= 15 is 0 Å². The molecule has 0 bridgehead atoms. The van der Waals surface area contributed by atoms with E-state index in [1.54, 1.807) is 5.40 Å². The first-order valence-corrected chi connectivity index (χ1v) is 4.98. The summed E-state index contributed by atoms with van der Waals surface area (Å²) in [6, 6.07) is 4.16. The number of rotatable bonds is 3. The van der Waals surface area contributed by atoms with Crippen LogP contribution < -0.4 is 5.32 Å². The minimum Gasteiger partial charge on any atom is -0.326 e. The van der Waals surface area contributed by atoms with Crippen molar-refractivity contribution in [3.05, 3.63) is 28.3 Å². The zero-order valence-corrected chi connectivity index (χ0v) is 9.08. The Morgan fingerprint density at radius 1 is 1.62 bits per heavy atom. The normalized spacial score (nSPS) is 9.25. The molecular formula is C9H7N3O3S. The molecule has 7 heteroatoms. The zero-order chi connectivity index (χ0) is 12.1. The smallest absolute Gasteiger partial charge is 0.286 e. The molecule has 1 N–H and O–H groups in total. The molecule has 0 aliphatic carbocycles. The van der Waals surface area contributed by atoms with Crippen molar-refractivity contribution >= 4 is 29.0 Å². The summed E-state index contributed by atoms with van der Waals surface area (Å²) in [5.41, 5.74) is 0.138. The van der Waals surface area contributed by atoms with Crippen LogP contribution in [-0.4, -0.2) is 10.8 Å². The average Bonchev–Trinajstić information content (AvgIpc) is 2.19. The number of thioether (sulfide) groups is 1. The van der Waals surface area contributed by atoms with Gasteiger partial charge in [-0.05, 0) is 23.9 Å². The molecule has 82 valence electrons. The van der Waals surface area contributed by atoms with Crippen LogP contribution in [0.3, 0.4) is 0 Å². The molecule has 0 atom stereocenters. The van der Waals surface area contributed by atoms with Gasteiger partial charge in [-0.1, -0.05) is 0 Å². The maximum Gasteiger partial charge on any atom is 0.286 e. The molecule has 0 radical (unpaired) electrons. The van der Waals surface area contributed by atoms with E-state index in [1.165, 1.54) is 25.1 Å². The highest BCUT2D eigenvalue weighted by molar-refractivity contribution is 8.03. The molecule has 1 aromatic rings. The Morgan fingerprint density at radius 2 is 2.31 bits per heavy atom. The van der Waals surface area contributed by atoms with E-state index < -0.39 is 4.92 Å². The maximum absolute atomic E-state index is 10.8. The van der Waals surface area contributed by atoms with Crippen LogP contribution >= 0.6 is 11.8 Å². The average molecular weight is 237 g/mol. The van der Waals surface area contributed by atoms with Gasteiger partial charge in [-0.15, -0.1) is 0 Å². The van der Waals surface area contributed by atoms with E-state index in [1.807, 2.05) is 0 Å². The second-order valence-electron chi connectivity index (χ2n) is 2.81. The van der Waals surface area contributed by atoms with E-state index in [-0.39, 0.29) is 16.5 Å². The fraction of sp³-hybridized carbons (Fsp3) is 0.111. The lowest BCUT2D eigenvalue weighted by Crippen LogP contribution is -2.06. The fourth-order valence-electron chi connectivity index (χ4n) is 1.08. The lowest BCUT2D eigenvalue weighted by molar-refractivity contribution is -0.387. The van der Waals surface area contributed by atoms with E-state index in [2.05, 4.69) is 5.32 Å². The van der Waals surface area contributed by atoms with Gasteiger partial charge < -0.3 is 5.32 Å². The van der Waals surface area contributed by atoms with Crippen molar-refractivity contribution < 1.29 is 9.72 Å².